The lowest BCUT2D eigenvalue weighted by Gasteiger charge is -2.33. The number of ether oxygens (including phenoxy) is 2. The molecule has 0 saturated carbocycles. The zero-order valence-electron chi connectivity index (χ0n) is 18.0. The Balaban J connectivity index is 1.72. The third-order valence-electron chi connectivity index (χ3n) is 5.23. The number of nitrogens with zero attached hydrogens (tertiary/aromatic N) is 4. The van der Waals surface area contributed by atoms with Gasteiger partial charge in [-0.3, -0.25) is 4.90 Å². The van der Waals surface area contributed by atoms with E-state index in [2.05, 4.69) is 11.8 Å². The molecule has 8 heteroatoms. The molecule has 0 unspecified atom stereocenters. The summed E-state index contributed by atoms with van der Waals surface area (Å²) in [5, 5.41) is 0. The molecule has 1 saturated heterocycles. The van der Waals surface area contributed by atoms with Crippen LogP contribution in [0.1, 0.15) is 39.0 Å². The molecule has 1 aromatic carbocycles. The van der Waals surface area contributed by atoms with Crippen molar-refractivity contribution >= 4 is 17.7 Å². The van der Waals surface area contributed by atoms with Crippen molar-refractivity contribution in [1.82, 2.24) is 14.9 Å². The molecule has 1 aromatic heterocycles. The van der Waals surface area contributed by atoms with Gasteiger partial charge >= 0.3 is 6.09 Å². The normalized spacial score (nSPS) is 19.0. The van der Waals surface area contributed by atoms with E-state index in [1.54, 1.807) is 4.90 Å². The van der Waals surface area contributed by atoms with Crippen LogP contribution in [0.25, 0.3) is 11.3 Å². The summed E-state index contributed by atoms with van der Waals surface area (Å²) in [5.41, 5.74) is 9.62. The fraction of sp³-hybridized carbons (Fsp3) is 0.500. The van der Waals surface area contributed by atoms with Gasteiger partial charge in [-0.25, -0.2) is 14.8 Å². The summed E-state index contributed by atoms with van der Waals surface area (Å²) >= 11 is 0. The second-order valence-electron chi connectivity index (χ2n) is 8.87. The van der Waals surface area contributed by atoms with Gasteiger partial charge in [-0.2, -0.15) is 0 Å². The van der Waals surface area contributed by atoms with Crippen LogP contribution in [0.2, 0.25) is 0 Å². The molecule has 2 aliphatic heterocycles. The number of hydrogen-bond donors (Lipinski definition) is 1. The highest BCUT2D eigenvalue weighted by Gasteiger charge is 2.33. The van der Waals surface area contributed by atoms with Crippen LogP contribution in [-0.4, -0.2) is 52.4 Å². The number of nitrogens with two attached hydrogens (primary N) is 1. The predicted molar refractivity (Wildman–Crippen MR) is 115 cm³/mol. The molecule has 1 atom stereocenters. The summed E-state index contributed by atoms with van der Waals surface area (Å²) in [7, 11) is 0. The number of hydrogen-bond acceptors (Lipinski definition) is 7. The second-order valence-corrected chi connectivity index (χ2v) is 8.87. The number of aromatic nitrogens is 2. The van der Waals surface area contributed by atoms with Crippen molar-refractivity contribution in [1.29, 1.82) is 0 Å². The molecule has 2 aliphatic rings. The van der Waals surface area contributed by atoms with Crippen molar-refractivity contribution in [3.05, 3.63) is 35.5 Å². The zero-order chi connectivity index (χ0) is 21.5. The van der Waals surface area contributed by atoms with Crippen molar-refractivity contribution in [3.63, 3.8) is 0 Å². The minimum atomic E-state index is -0.550. The van der Waals surface area contributed by atoms with Gasteiger partial charge in [0.25, 0.3) is 0 Å². The Bertz CT molecular complexity index is 939. The molecular weight excluding hydrogens is 382 g/mol. The van der Waals surface area contributed by atoms with E-state index in [4.69, 9.17) is 25.2 Å². The van der Waals surface area contributed by atoms with E-state index < -0.39 is 5.60 Å². The molecular formula is C22H29N5O3. The molecule has 8 nitrogen and oxygen atoms in total. The number of amides is 1. The Labute approximate surface area is 177 Å². The Morgan fingerprint density at radius 3 is 2.60 bits per heavy atom. The maximum atomic E-state index is 12.7. The molecule has 2 N–H and O–H groups in total. The molecule has 4 rings (SSSR count). The van der Waals surface area contributed by atoms with Gasteiger partial charge < -0.3 is 20.1 Å². The Morgan fingerprint density at radius 1 is 1.20 bits per heavy atom. The minimum absolute atomic E-state index is 0.180. The van der Waals surface area contributed by atoms with Crippen LogP contribution in [0.3, 0.4) is 0 Å². The molecule has 0 bridgehead atoms. The lowest BCUT2D eigenvalue weighted by Crippen LogP contribution is -2.44. The van der Waals surface area contributed by atoms with E-state index in [9.17, 15) is 4.79 Å². The van der Waals surface area contributed by atoms with Crippen LogP contribution >= 0.6 is 0 Å². The topological polar surface area (TPSA) is 93.8 Å². The van der Waals surface area contributed by atoms with Gasteiger partial charge in [0.05, 0.1) is 43.7 Å². The molecule has 1 amide bonds. The molecule has 0 aliphatic carbocycles. The Kier molecular flexibility index (Phi) is 5.27. The third-order valence-corrected chi connectivity index (χ3v) is 5.23. The molecule has 0 radical (unpaired) electrons. The number of carbonyl (C=O) groups is 1. The fourth-order valence-corrected chi connectivity index (χ4v) is 3.73. The first-order valence-electron chi connectivity index (χ1n) is 10.3. The first-order chi connectivity index (χ1) is 14.2. The van der Waals surface area contributed by atoms with E-state index in [0.717, 1.165) is 29.1 Å². The lowest BCUT2D eigenvalue weighted by molar-refractivity contribution is 0.0241. The highest BCUT2D eigenvalue weighted by Crippen LogP contribution is 2.34. The van der Waals surface area contributed by atoms with Crippen LogP contribution in [0.5, 0.6) is 0 Å². The van der Waals surface area contributed by atoms with Crippen LogP contribution < -0.4 is 10.6 Å². The summed E-state index contributed by atoms with van der Waals surface area (Å²) < 4.78 is 11.1. The van der Waals surface area contributed by atoms with Crippen molar-refractivity contribution < 1.29 is 14.3 Å². The van der Waals surface area contributed by atoms with Crippen LogP contribution in [0, 0.1) is 0 Å². The Hall–Kier alpha value is -2.87. The summed E-state index contributed by atoms with van der Waals surface area (Å²) in [5.74, 6) is 0.669. The molecule has 0 spiro atoms. The van der Waals surface area contributed by atoms with Gasteiger partial charge in [0.15, 0.2) is 0 Å². The fourth-order valence-electron chi connectivity index (χ4n) is 3.73. The summed E-state index contributed by atoms with van der Waals surface area (Å²) in [6, 6.07) is 7.82. The van der Waals surface area contributed by atoms with E-state index in [-0.39, 0.29) is 12.1 Å². The largest absolute Gasteiger partial charge is 0.444 e. The number of anilines is 2. The van der Waals surface area contributed by atoms with Crippen LogP contribution in [0.4, 0.5) is 16.4 Å². The molecule has 3 heterocycles. The number of morpholine rings is 1. The van der Waals surface area contributed by atoms with Gasteiger partial charge in [-0.1, -0.05) is 12.1 Å². The van der Waals surface area contributed by atoms with Crippen molar-refractivity contribution in [2.45, 2.75) is 52.4 Å². The first-order valence-corrected chi connectivity index (χ1v) is 10.3. The van der Waals surface area contributed by atoms with E-state index >= 15 is 0 Å². The number of nitrogen functional groups attached to an aromatic ring is 1. The van der Waals surface area contributed by atoms with Gasteiger partial charge in [0.2, 0.25) is 5.95 Å². The predicted octanol–water partition coefficient (Wildman–Crippen LogP) is 3.20. The molecule has 160 valence electrons. The average Bonchev–Trinajstić information content (AvgIpc) is 3.11. The van der Waals surface area contributed by atoms with E-state index in [1.165, 1.54) is 0 Å². The second kappa shape index (κ2) is 7.75. The highest BCUT2D eigenvalue weighted by atomic mass is 16.6. The summed E-state index contributed by atoms with van der Waals surface area (Å²) in [6.07, 6.45) is -0.343. The summed E-state index contributed by atoms with van der Waals surface area (Å²) in [6.45, 7) is 10.5. The van der Waals surface area contributed by atoms with E-state index in [1.807, 2.05) is 45.0 Å². The number of carbonyl (C=O) groups excluding carboxylic acids is 1. The van der Waals surface area contributed by atoms with E-state index in [0.29, 0.717) is 37.9 Å². The summed E-state index contributed by atoms with van der Waals surface area (Å²) in [4.78, 5) is 26.3. The molecule has 1 fully saturated rings. The maximum absolute atomic E-state index is 12.7. The molecule has 30 heavy (non-hydrogen) atoms. The monoisotopic (exact) mass is 411 g/mol. The SMILES string of the molecule is C[C@H]1COCCN1c1nc2c(c(-c3ccc(N)cc3)n1)CN(C(=O)OC(C)(C)C)C2. The number of benzene rings is 1. The zero-order valence-corrected chi connectivity index (χ0v) is 18.0. The standard InChI is InChI=1S/C22H29N5O3/c1-14-13-29-10-9-27(14)20-24-18-12-26(21(28)30-22(2,3)4)11-17(18)19(25-20)15-5-7-16(23)8-6-15/h5-8,14H,9-13,23H2,1-4H3/t14-/m0/s1. The first kappa shape index (κ1) is 20.4. The van der Waals surface area contributed by atoms with Crippen molar-refractivity contribution in [2.24, 2.45) is 0 Å². The van der Waals surface area contributed by atoms with Crippen molar-refractivity contribution in [3.8, 4) is 11.3 Å². The smallest absolute Gasteiger partial charge is 0.410 e. The maximum Gasteiger partial charge on any atom is 0.410 e. The Morgan fingerprint density at radius 2 is 1.93 bits per heavy atom. The third kappa shape index (κ3) is 4.18. The number of fused-ring (bicyclic) bond motifs is 1. The number of rotatable bonds is 2. The van der Waals surface area contributed by atoms with Crippen LogP contribution in [0.15, 0.2) is 24.3 Å². The van der Waals surface area contributed by atoms with Gasteiger partial charge in [-0.05, 0) is 39.8 Å². The average molecular weight is 412 g/mol. The highest BCUT2D eigenvalue weighted by molar-refractivity contribution is 5.73. The van der Waals surface area contributed by atoms with Gasteiger partial charge in [0, 0.05) is 23.4 Å². The minimum Gasteiger partial charge on any atom is -0.444 e. The van der Waals surface area contributed by atoms with Crippen LogP contribution in [-0.2, 0) is 22.6 Å². The quantitative estimate of drug-likeness (QED) is 0.759. The van der Waals surface area contributed by atoms with Crippen molar-refractivity contribution in [2.75, 3.05) is 30.4 Å². The lowest BCUT2D eigenvalue weighted by atomic mass is 10.1. The van der Waals surface area contributed by atoms with Gasteiger partial charge in [0.1, 0.15) is 5.60 Å². The van der Waals surface area contributed by atoms with Gasteiger partial charge in [-0.15, -0.1) is 0 Å². The molecule has 2 aromatic rings.